The molecule has 0 bridgehead atoms. The Kier molecular flexibility index (Phi) is 4.76. The van der Waals surface area contributed by atoms with E-state index in [-0.39, 0.29) is 28.5 Å². The summed E-state index contributed by atoms with van der Waals surface area (Å²) in [5.41, 5.74) is 2.15. The van der Waals surface area contributed by atoms with Gasteiger partial charge in [0.25, 0.3) is 0 Å². The number of fused-ring (bicyclic) bond motifs is 2. The molecular formula is C16H22BrNO2. The highest BCUT2D eigenvalue weighted by Crippen LogP contribution is 2.41. The predicted molar refractivity (Wildman–Crippen MR) is 85.8 cm³/mol. The molecule has 1 aromatic rings. The van der Waals surface area contributed by atoms with Crippen LogP contribution in [0.1, 0.15) is 24.0 Å². The number of hydrogen-bond acceptors (Lipinski definition) is 3. The average Bonchev–Trinajstić information content (AvgIpc) is 2.42. The number of halogens is 1. The molecule has 2 unspecified atom stereocenters. The van der Waals surface area contributed by atoms with Crippen LogP contribution < -0.4 is 0 Å². The molecule has 110 valence electrons. The number of hydrogen-bond donors (Lipinski definition) is 2. The third kappa shape index (κ3) is 2.59. The maximum atomic E-state index is 10.0. The summed E-state index contributed by atoms with van der Waals surface area (Å²) in [6.45, 7) is 5.94. The monoisotopic (exact) mass is 339 g/mol. The number of phenols is 2. The number of benzene rings is 1. The third-order valence-electron chi connectivity index (χ3n) is 4.65. The number of nitrogens with zero attached hydrogens (tertiary/aromatic N) is 1. The van der Waals surface area contributed by atoms with Gasteiger partial charge in [0.2, 0.25) is 0 Å². The van der Waals surface area contributed by atoms with Gasteiger partial charge in [-0.3, -0.25) is 4.90 Å². The molecule has 2 atom stereocenters. The molecule has 0 radical (unpaired) electrons. The third-order valence-corrected chi connectivity index (χ3v) is 4.65. The van der Waals surface area contributed by atoms with E-state index in [1.165, 1.54) is 18.4 Å². The molecule has 1 aromatic carbocycles. The highest BCUT2D eigenvalue weighted by Gasteiger charge is 2.36. The zero-order valence-electron chi connectivity index (χ0n) is 11.6. The smallest absolute Gasteiger partial charge is 0.160 e. The summed E-state index contributed by atoms with van der Waals surface area (Å²) in [5.74, 6) is 0.696. The Balaban J connectivity index is 0.00000147. The Labute approximate surface area is 130 Å². The molecule has 2 aliphatic rings. The van der Waals surface area contributed by atoms with Crippen LogP contribution in [-0.2, 0) is 12.8 Å². The second-order valence-electron chi connectivity index (χ2n) is 5.73. The molecule has 20 heavy (non-hydrogen) atoms. The molecule has 0 aromatic heterocycles. The number of rotatable bonds is 2. The molecule has 1 saturated heterocycles. The van der Waals surface area contributed by atoms with Gasteiger partial charge in [0, 0.05) is 18.2 Å². The first kappa shape index (κ1) is 15.4. The second-order valence-corrected chi connectivity index (χ2v) is 5.73. The maximum Gasteiger partial charge on any atom is 0.160 e. The average molecular weight is 340 g/mol. The summed E-state index contributed by atoms with van der Waals surface area (Å²) >= 11 is 0. The van der Waals surface area contributed by atoms with Crippen molar-refractivity contribution < 1.29 is 10.2 Å². The van der Waals surface area contributed by atoms with Gasteiger partial charge in [0.1, 0.15) is 0 Å². The lowest BCUT2D eigenvalue weighted by Gasteiger charge is -2.44. The van der Waals surface area contributed by atoms with Gasteiger partial charge in [-0.2, -0.15) is 0 Å². The lowest BCUT2D eigenvalue weighted by molar-refractivity contribution is 0.0965. The molecule has 0 amide bonds. The molecule has 4 heteroatoms. The van der Waals surface area contributed by atoms with Gasteiger partial charge >= 0.3 is 0 Å². The van der Waals surface area contributed by atoms with Crippen LogP contribution in [0.5, 0.6) is 11.5 Å². The van der Waals surface area contributed by atoms with Crippen molar-refractivity contribution >= 4 is 17.0 Å². The summed E-state index contributed by atoms with van der Waals surface area (Å²) in [6.07, 6.45) is 6.26. The predicted octanol–water partition coefficient (Wildman–Crippen LogP) is 3.04. The molecule has 0 saturated carbocycles. The van der Waals surface area contributed by atoms with Gasteiger partial charge in [-0.05, 0) is 49.8 Å². The van der Waals surface area contributed by atoms with Crippen molar-refractivity contribution in [3.63, 3.8) is 0 Å². The van der Waals surface area contributed by atoms with E-state index < -0.39 is 0 Å². The lowest BCUT2D eigenvalue weighted by Crippen LogP contribution is -2.49. The summed E-state index contributed by atoms with van der Waals surface area (Å²) in [5, 5.41) is 19.7. The van der Waals surface area contributed by atoms with Crippen LogP contribution in [0.25, 0.3) is 0 Å². The van der Waals surface area contributed by atoms with Gasteiger partial charge in [-0.1, -0.05) is 12.1 Å². The first-order valence-electron chi connectivity index (χ1n) is 7.08. The van der Waals surface area contributed by atoms with E-state index in [0.29, 0.717) is 12.0 Å². The first-order chi connectivity index (χ1) is 9.20. The van der Waals surface area contributed by atoms with Crippen molar-refractivity contribution in [1.82, 2.24) is 4.90 Å². The molecule has 3 nitrogen and oxygen atoms in total. The van der Waals surface area contributed by atoms with Crippen LogP contribution in [0, 0.1) is 5.92 Å². The van der Waals surface area contributed by atoms with Gasteiger partial charge < -0.3 is 10.2 Å². The fourth-order valence-electron chi connectivity index (χ4n) is 3.71. The number of piperidine rings is 1. The van der Waals surface area contributed by atoms with Gasteiger partial charge in [-0.25, -0.2) is 0 Å². The SMILES string of the molecule is Br.C=CCN1CCCC2Cc3c(ccc(O)c3O)CC21. The Morgan fingerprint density at radius 3 is 2.85 bits per heavy atom. The standard InChI is InChI=1S/C16H21NO2.BrH/c1-2-7-17-8-3-4-12-9-13-11(10-14(12)17)5-6-15(18)16(13)19;/h2,5-6,12,14,18-19H,1,3-4,7-10H2;1H. The minimum Gasteiger partial charge on any atom is -0.504 e. The van der Waals surface area contributed by atoms with Crippen molar-refractivity contribution in [3.05, 3.63) is 35.9 Å². The largest absolute Gasteiger partial charge is 0.504 e. The van der Waals surface area contributed by atoms with Crippen molar-refractivity contribution in [2.45, 2.75) is 31.7 Å². The Morgan fingerprint density at radius 2 is 2.10 bits per heavy atom. The van der Waals surface area contributed by atoms with E-state index >= 15 is 0 Å². The fraction of sp³-hybridized carbons (Fsp3) is 0.500. The quantitative estimate of drug-likeness (QED) is 0.642. The molecule has 1 heterocycles. The Morgan fingerprint density at radius 1 is 1.30 bits per heavy atom. The minimum atomic E-state index is 0. The fourth-order valence-corrected chi connectivity index (χ4v) is 3.71. The molecular weight excluding hydrogens is 318 g/mol. The summed E-state index contributed by atoms with van der Waals surface area (Å²) in [6, 6.07) is 4.12. The Hall–Kier alpha value is -1.00. The number of likely N-dealkylation sites (tertiary alicyclic amines) is 1. The zero-order valence-corrected chi connectivity index (χ0v) is 13.3. The highest BCUT2D eigenvalue weighted by molar-refractivity contribution is 8.93. The van der Waals surface area contributed by atoms with E-state index in [9.17, 15) is 10.2 Å². The van der Waals surface area contributed by atoms with Crippen LogP contribution >= 0.6 is 17.0 Å². The van der Waals surface area contributed by atoms with E-state index in [1.807, 2.05) is 12.1 Å². The lowest BCUT2D eigenvalue weighted by atomic mass is 9.75. The number of aromatic hydroxyl groups is 2. The van der Waals surface area contributed by atoms with Crippen LogP contribution in [0.2, 0.25) is 0 Å². The second kappa shape index (κ2) is 6.19. The summed E-state index contributed by atoms with van der Waals surface area (Å²) in [7, 11) is 0. The van der Waals surface area contributed by atoms with Crippen LogP contribution in [0.3, 0.4) is 0 Å². The first-order valence-corrected chi connectivity index (χ1v) is 7.08. The van der Waals surface area contributed by atoms with Crippen molar-refractivity contribution in [2.75, 3.05) is 13.1 Å². The van der Waals surface area contributed by atoms with Crippen LogP contribution in [-0.4, -0.2) is 34.2 Å². The molecule has 1 fully saturated rings. The van der Waals surface area contributed by atoms with Crippen molar-refractivity contribution in [3.8, 4) is 11.5 Å². The van der Waals surface area contributed by atoms with E-state index in [2.05, 4.69) is 11.5 Å². The van der Waals surface area contributed by atoms with Crippen molar-refractivity contribution in [1.29, 1.82) is 0 Å². The van der Waals surface area contributed by atoms with Gasteiger partial charge in [0.15, 0.2) is 11.5 Å². The Bertz CT molecular complexity index is 503. The molecule has 2 N–H and O–H groups in total. The number of phenolic OH excluding ortho intramolecular Hbond substituents is 2. The maximum absolute atomic E-state index is 10.0. The molecule has 1 aliphatic heterocycles. The highest BCUT2D eigenvalue weighted by atomic mass is 79.9. The van der Waals surface area contributed by atoms with Crippen LogP contribution in [0.15, 0.2) is 24.8 Å². The topological polar surface area (TPSA) is 43.7 Å². The molecule has 1 aliphatic carbocycles. The minimum absolute atomic E-state index is 0. The van der Waals surface area contributed by atoms with E-state index in [1.54, 1.807) is 6.07 Å². The summed E-state index contributed by atoms with van der Waals surface area (Å²) < 4.78 is 0. The molecule has 3 rings (SSSR count). The normalized spacial score (nSPS) is 25.2. The van der Waals surface area contributed by atoms with Gasteiger partial charge in [-0.15, -0.1) is 23.6 Å². The van der Waals surface area contributed by atoms with Crippen molar-refractivity contribution in [2.24, 2.45) is 5.92 Å². The zero-order chi connectivity index (χ0) is 13.4. The molecule has 0 spiro atoms. The summed E-state index contributed by atoms with van der Waals surface area (Å²) in [4.78, 5) is 2.51. The van der Waals surface area contributed by atoms with E-state index in [0.717, 1.165) is 31.5 Å². The van der Waals surface area contributed by atoms with Gasteiger partial charge in [0.05, 0.1) is 0 Å². The van der Waals surface area contributed by atoms with Crippen LogP contribution in [0.4, 0.5) is 0 Å². The van der Waals surface area contributed by atoms with E-state index in [4.69, 9.17) is 0 Å².